The SMILES string of the molecule is COCCCNC(=O)c1cnc(Nc2ccc(Br)c(C)c2)nc1. The van der Waals surface area contributed by atoms with Crippen molar-refractivity contribution in [3.05, 3.63) is 46.2 Å². The number of aromatic nitrogens is 2. The first-order valence-electron chi connectivity index (χ1n) is 7.22. The van der Waals surface area contributed by atoms with Gasteiger partial charge in [0, 0.05) is 42.8 Å². The molecule has 0 fully saturated rings. The van der Waals surface area contributed by atoms with Crippen molar-refractivity contribution in [1.29, 1.82) is 0 Å². The second-order valence-corrected chi connectivity index (χ2v) is 5.84. The Morgan fingerprint density at radius 2 is 2.04 bits per heavy atom. The number of hydrogen-bond donors (Lipinski definition) is 2. The number of ether oxygens (including phenoxy) is 1. The van der Waals surface area contributed by atoms with E-state index in [1.54, 1.807) is 7.11 Å². The van der Waals surface area contributed by atoms with Gasteiger partial charge in [-0.15, -0.1) is 0 Å². The number of methoxy groups -OCH3 is 1. The van der Waals surface area contributed by atoms with Gasteiger partial charge in [-0.2, -0.15) is 0 Å². The molecule has 1 amide bonds. The minimum absolute atomic E-state index is 0.188. The van der Waals surface area contributed by atoms with E-state index in [0.29, 0.717) is 24.7 Å². The lowest BCUT2D eigenvalue weighted by Gasteiger charge is -2.08. The van der Waals surface area contributed by atoms with E-state index in [1.807, 2.05) is 25.1 Å². The van der Waals surface area contributed by atoms with Crippen LogP contribution in [0, 0.1) is 6.92 Å². The molecule has 0 saturated heterocycles. The normalized spacial score (nSPS) is 10.4. The van der Waals surface area contributed by atoms with Gasteiger partial charge in [0.05, 0.1) is 5.56 Å². The van der Waals surface area contributed by atoms with Crippen molar-refractivity contribution in [1.82, 2.24) is 15.3 Å². The molecular formula is C16H19BrN4O2. The molecule has 0 radical (unpaired) electrons. The molecule has 23 heavy (non-hydrogen) atoms. The topological polar surface area (TPSA) is 76.1 Å². The first-order chi connectivity index (χ1) is 11.1. The number of rotatable bonds is 7. The van der Waals surface area contributed by atoms with Gasteiger partial charge >= 0.3 is 0 Å². The fourth-order valence-electron chi connectivity index (χ4n) is 1.88. The number of halogens is 1. The van der Waals surface area contributed by atoms with Crippen molar-refractivity contribution in [3.63, 3.8) is 0 Å². The Kier molecular flexibility index (Phi) is 6.49. The molecule has 1 aromatic heterocycles. The maximum Gasteiger partial charge on any atom is 0.254 e. The largest absolute Gasteiger partial charge is 0.385 e. The molecule has 2 N–H and O–H groups in total. The summed E-state index contributed by atoms with van der Waals surface area (Å²) in [7, 11) is 1.63. The fraction of sp³-hybridized carbons (Fsp3) is 0.312. The van der Waals surface area contributed by atoms with Crippen molar-refractivity contribution < 1.29 is 9.53 Å². The Morgan fingerprint density at radius 3 is 2.70 bits per heavy atom. The molecule has 6 nitrogen and oxygen atoms in total. The predicted octanol–water partition coefficient (Wildman–Crippen LogP) is 3.06. The second kappa shape index (κ2) is 8.59. The van der Waals surface area contributed by atoms with Crippen LogP contribution in [-0.2, 0) is 4.74 Å². The number of carbonyl (C=O) groups is 1. The highest BCUT2D eigenvalue weighted by Gasteiger charge is 2.07. The molecule has 7 heteroatoms. The Balaban J connectivity index is 1.93. The fourth-order valence-corrected chi connectivity index (χ4v) is 2.13. The molecule has 2 rings (SSSR count). The third-order valence-electron chi connectivity index (χ3n) is 3.14. The molecule has 122 valence electrons. The van der Waals surface area contributed by atoms with E-state index in [1.165, 1.54) is 12.4 Å². The highest BCUT2D eigenvalue weighted by molar-refractivity contribution is 9.10. The monoisotopic (exact) mass is 378 g/mol. The second-order valence-electron chi connectivity index (χ2n) is 4.99. The van der Waals surface area contributed by atoms with E-state index in [4.69, 9.17) is 4.74 Å². The van der Waals surface area contributed by atoms with Crippen LogP contribution in [0.2, 0.25) is 0 Å². The zero-order valence-electron chi connectivity index (χ0n) is 13.1. The van der Waals surface area contributed by atoms with Gasteiger partial charge in [0.1, 0.15) is 0 Å². The van der Waals surface area contributed by atoms with Crippen molar-refractivity contribution >= 4 is 33.5 Å². The average Bonchev–Trinajstić information content (AvgIpc) is 2.55. The summed E-state index contributed by atoms with van der Waals surface area (Å²) in [6.07, 6.45) is 3.78. The number of carbonyl (C=O) groups excluding carboxylic acids is 1. The lowest BCUT2D eigenvalue weighted by atomic mass is 10.2. The third-order valence-corrected chi connectivity index (χ3v) is 4.03. The van der Waals surface area contributed by atoms with E-state index in [-0.39, 0.29) is 5.91 Å². The lowest BCUT2D eigenvalue weighted by molar-refractivity contribution is 0.0948. The molecule has 0 aliphatic rings. The van der Waals surface area contributed by atoms with Crippen molar-refractivity contribution in [2.24, 2.45) is 0 Å². The average molecular weight is 379 g/mol. The summed E-state index contributed by atoms with van der Waals surface area (Å²) in [6, 6.07) is 5.88. The number of amides is 1. The number of anilines is 2. The Hall–Kier alpha value is -1.99. The van der Waals surface area contributed by atoms with Crippen LogP contribution in [0.3, 0.4) is 0 Å². The van der Waals surface area contributed by atoms with Crippen molar-refractivity contribution in [3.8, 4) is 0 Å². The molecule has 0 aliphatic heterocycles. The van der Waals surface area contributed by atoms with Gasteiger partial charge in [0.2, 0.25) is 5.95 Å². The van der Waals surface area contributed by atoms with Crippen molar-refractivity contribution in [2.75, 3.05) is 25.6 Å². The van der Waals surface area contributed by atoms with Crippen LogP contribution in [0.1, 0.15) is 22.3 Å². The van der Waals surface area contributed by atoms with E-state index in [2.05, 4.69) is 36.5 Å². The number of nitrogens with zero attached hydrogens (tertiary/aromatic N) is 2. The first kappa shape index (κ1) is 17.4. The van der Waals surface area contributed by atoms with E-state index < -0.39 is 0 Å². The van der Waals surface area contributed by atoms with Crippen LogP contribution in [0.4, 0.5) is 11.6 Å². The van der Waals surface area contributed by atoms with Gasteiger partial charge in [0.25, 0.3) is 5.91 Å². The van der Waals surface area contributed by atoms with E-state index >= 15 is 0 Å². The van der Waals surface area contributed by atoms with Gasteiger partial charge in [-0.3, -0.25) is 4.79 Å². The minimum atomic E-state index is -0.188. The smallest absolute Gasteiger partial charge is 0.254 e. The summed E-state index contributed by atoms with van der Waals surface area (Å²) < 4.78 is 5.98. The zero-order valence-corrected chi connectivity index (χ0v) is 14.7. The molecular weight excluding hydrogens is 360 g/mol. The van der Waals surface area contributed by atoms with Gasteiger partial charge in [-0.1, -0.05) is 15.9 Å². The number of nitrogens with one attached hydrogen (secondary N) is 2. The van der Waals surface area contributed by atoms with E-state index in [9.17, 15) is 4.79 Å². The first-order valence-corrected chi connectivity index (χ1v) is 8.02. The predicted molar refractivity (Wildman–Crippen MR) is 93.0 cm³/mol. The van der Waals surface area contributed by atoms with Crippen LogP contribution in [0.25, 0.3) is 0 Å². The highest BCUT2D eigenvalue weighted by Crippen LogP contribution is 2.21. The number of benzene rings is 1. The van der Waals surface area contributed by atoms with Gasteiger partial charge in [0.15, 0.2) is 0 Å². The molecule has 0 atom stereocenters. The quantitative estimate of drug-likeness (QED) is 0.724. The van der Waals surface area contributed by atoms with Gasteiger partial charge in [-0.25, -0.2) is 9.97 Å². The van der Waals surface area contributed by atoms with Crippen molar-refractivity contribution in [2.45, 2.75) is 13.3 Å². The summed E-state index contributed by atoms with van der Waals surface area (Å²) >= 11 is 3.46. The molecule has 0 bridgehead atoms. The standard InChI is InChI=1S/C16H19BrN4O2/c1-11-8-13(4-5-14(11)17)21-16-19-9-12(10-20-16)15(22)18-6-3-7-23-2/h4-5,8-10H,3,6-7H2,1-2H3,(H,18,22)(H,19,20,21). The summed E-state index contributed by atoms with van der Waals surface area (Å²) in [5, 5.41) is 5.90. The zero-order chi connectivity index (χ0) is 16.7. The van der Waals surface area contributed by atoms with Crippen LogP contribution >= 0.6 is 15.9 Å². The van der Waals surface area contributed by atoms with Crippen LogP contribution in [-0.4, -0.2) is 36.1 Å². The summed E-state index contributed by atoms with van der Waals surface area (Å²) in [5.41, 5.74) is 2.43. The summed E-state index contributed by atoms with van der Waals surface area (Å²) in [6.45, 7) is 3.18. The Bertz CT molecular complexity index is 662. The van der Waals surface area contributed by atoms with Crippen LogP contribution in [0.5, 0.6) is 0 Å². The van der Waals surface area contributed by atoms with Crippen LogP contribution < -0.4 is 10.6 Å². The molecule has 0 unspecified atom stereocenters. The molecule has 0 aliphatic carbocycles. The number of aryl methyl sites for hydroxylation is 1. The summed E-state index contributed by atoms with van der Waals surface area (Å²) in [5.74, 6) is 0.259. The van der Waals surface area contributed by atoms with E-state index in [0.717, 1.165) is 22.1 Å². The molecule has 1 heterocycles. The Labute approximate surface area is 143 Å². The maximum atomic E-state index is 11.9. The maximum absolute atomic E-state index is 11.9. The van der Waals surface area contributed by atoms with Crippen LogP contribution in [0.15, 0.2) is 35.1 Å². The molecule has 1 aromatic carbocycles. The molecule has 0 saturated carbocycles. The third kappa shape index (κ3) is 5.30. The molecule has 2 aromatic rings. The number of hydrogen-bond acceptors (Lipinski definition) is 5. The Morgan fingerprint density at radius 1 is 1.30 bits per heavy atom. The van der Waals surface area contributed by atoms with Gasteiger partial charge in [-0.05, 0) is 37.1 Å². The highest BCUT2D eigenvalue weighted by atomic mass is 79.9. The minimum Gasteiger partial charge on any atom is -0.385 e. The summed E-state index contributed by atoms with van der Waals surface area (Å²) in [4.78, 5) is 20.2. The lowest BCUT2D eigenvalue weighted by Crippen LogP contribution is -2.25. The van der Waals surface area contributed by atoms with Gasteiger partial charge < -0.3 is 15.4 Å². The molecule has 0 spiro atoms.